The van der Waals surface area contributed by atoms with E-state index in [0.29, 0.717) is 43.3 Å². The molecule has 9 heteroatoms. The Kier molecular flexibility index (Phi) is 9.91. The van der Waals surface area contributed by atoms with Gasteiger partial charge in [0.1, 0.15) is 36.3 Å². The second-order valence-corrected chi connectivity index (χ2v) is 11.6. The number of fused-ring (bicyclic) bond motifs is 1. The lowest BCUT2D eigenvalue weighted by Gasteiger charge is -2.25. The molecule has 4 aromatic carbocycles. The molecule has 1 saturated heterocycles. The van der Waals surface area contributed by atoms with Crippen LogP contribution in [0.2, 0.25) is 0 Å². The van der Waals surface area contributed by atoms with Gasteiger partial charge in [-0.1, -0.05) is 109 Å². The van der Waals surface area contributed by atoms with Crippen LogP contribution in [0.3, 0.4) is 0 Å². The van der Waals surface area contributed by atoms with Crippen LogP contribution >= 0.6 is 0 Å². The van der Waals surface area contributed by atoms with E-state index in [4.69, 9.17) is 18.9 Å². The summed E-state index contributed by atoms with van der Waals surface area (Å²) in [5, 5.41) is 7.51. The molecule has 1 fully saturated rings. The first-order valence-corrected chi connectivity index (χ1v) is 16.0. The van der Waals surface area contributed by atoms with Crippen molar-refractivity contribution >= 4 is 17.2 Å². The third-order valence-electron chi connectivity index (χ3n) is 8.31. The largest absolute Gasteiger partial charge is 0.374 e. The number of hydrogen-bond donors (Lipinski definition) is 1. The van der Waals surface area contributed by atoms with E-state index in [-0.39, 0.29) is 5.91 Å². The smallest absolute Gasteiger partial charge is 0.256 e. The van der Waals surface area contributed by atoms with Crippen molar-refractivity contribution in [1.82, 2.24) is 14.6 Å². The molecule has 1 aliphatic heterocycles. The Morgan fingerprint density at radius 2 is 1.25 bits per heavy atom. The van der Waals surface area contributed by atoms with Gasteiger partial charge in [-0.2, -0.15) is 5.10 Å². The van der Waals surface area contributed by atoms with Crippen molar-refractivity contribution in [1.29, 1.82) is 0 Å². The maximum absolute atomic E-state index is 13.0. The number of carbonyl (C=O) groups is 1. The highest BCUT2D eigenvalue weighted by Crippen LogP contribution is 2.39. The first-order chi connectivity index (χ1) is 23.7. The van der Waals surface area contributed by atoms with Crippen LogP contribution in [0.4, 0.5) is 5.82 Å². The molecule has 242 valence electrons. The van der Waals surface area contributed by atoms with Crippen LogP contribution in [0.5, 0.6) is 0 Å². The Balaban J connectivity index is 1.19. The lowest BCUT2D eigenvalue weighted by molar-refractivity contribution is -0.0898. The van der Waals surface area contributed by atoms with Gasteiger partial charge in [-0.3, -0.25) is 4.79 Å². The number of ether oxygens (including phenoxy) is 4. The second kappa shape index (κ2) is 15.1. The SMILES string of the molecule is O=C(Nc1ncnn2c([C@@H]3O[C@H](COCc4ccccc4)[C@@H](OCc4ccccc4)[C@H]3OCc3ccccc3)ccc12)c1ccccc1. The molecule has 2 aromatic heterocycles. The van der Waals surface area contributed by atoms with Crippen LogP contribution in [-0.4, -0.2) is 45.4 Å². The van der Waals surface area contributed by atoms with Gasteiger partial charge in [0.15, 0.2) is 5.82 Å². The van der Waals surface area contributed by atoms with Crippen LogP contribution in [0.25, 0.3) is 5.52 Å². The molecule has 0 aliphatic carbocycles. The van der Waals surface area contributed by atoms with Gasteiger partial charge < -0.3 is 24.3 Å². The highest BCUT2D eigenvalue weighted by Gasteiger charge is 2.48. The minimum absolute atomic E-state index is 0.259. The molecule has 1 aliphatic rings. The molecule has 1 N–H and O–H groups in total. The van der Waals surface area contributed by atoms with Gasteiger partial charge >= 0.3 is 0 Å². The molecular weight excluding hydrogens is 604 g/mol. The molecule has 0 saturated carbocycles. The van der Waals surface area contributed by atoms with E-state index in [1.165, 1.54) is 6.33 Å². The molecule has 0 bridgehead atoms. The Hall–Kier alpha value is -5.19. The first-order valence-electron chi connectivity index (χ1n) is 16.0. The Morgan fingerprint density at radius 3 is 1.88 bits per heavy atom. The average molecular weight is 641 g/mol. The van der Waals surface area contributed by atoms with Crippen LogP contribution in [0.1, 0.15) is 38.8 Å². The number of aromatic nitrogens is 3. The number of hydrogen-bond acceptors (Lipinski definition) is 7. The number of rotatable bonds is 13. The van der Waals surface area contributed by atoms with E-state index in [0.717, 1.165) is 22.4 Å². The monoisotopic (exact) mass is 640 g/mol. The molecule has 4 atom stereocenters. The van der Waals surface area contributed by atoms with Crippen molar-refractivity contribution in [3.63, 3.8) is 0 Å². The normalized spacial score (nSPS) is 19.0. The van der Waals surface area contributed by atoms with E-state index in [1.54, 1.807) is 16.6 Å². The Morgan fingerprint density at radius 1 is 0.688 bits per heavy atom. The fourth-order valence-electron chi connectivity index (χ4n) is 5.92. The van der Waals surface area contributed by atoms with Gasteiger partial charge in [0, 0.05) is 5.56 Å². The van der Waals surface area contributed by atoms with Gasteiger partial charge in [-0.05, 0) is 41.0 Å². The van der Waals surface area contributed by atoms with Crippen molar-refractivity contribution in [3.05, 3.63) is 168 Å². The summed E-state index contributed by atoms with van der Waals surface area (Å²) in [5.74, 6) is 0.134. The molecule has 0 unspecified atom stereocenters. The molecule has 6 aromatic rings. The highest BCUT2D eigenvalue weighted by atomic mass is 16.6. The summed E-state index contributed by atoms with van der Waals surface area (Å²) in [7, 11) is 0. The maximum atomic E-state index is 13.0. The van der Waals surface area contributed by atoms with E-state index < -0.39 is 24.4 Å². The highest BCUT2D eigenvalue weighted by molar-refractivity contribution is 6.05. The predicted molar refractivity (Wildman–Crippen MR) is 181 cm³/mol. The summed E-state index contributed by atoms with van der Waals surface area (Å²) < 4.78 is 28.1. The number of amides is 1. The predicted octanol–water partition coefficient (Wildman–Crippen LogP) is 6.81. The fourth-order valence-corrected chi connectivity index (χ4v) is 5.92. The third kappa shape index (κ3) is 7.35. The average Bonchev–Trinajstić information content (AvgIpc) is 3.73. The number of carbonyl (C=O) groups excluding carboxylic acids is 1. The summed E-state index contributed by atoms with van der Waals surface area (Å²) >= 11 is 0. The zero-order chi connectivity index (χ0) is 32.5. The minimum Gasteiger partial charge on any atom is -0.374 e. The van der Waals surface area contributed by atoms with Crippen LogP contribution in [0.15, 0.2) is 140 Å². The summed E-state index contributed by atoms with van der Waals surface area (Å²) in [6.45, 7) is 1.49. The molecule has 0 radical (unpaired) electrons. The van der Waals surface area contributed by atoms with Crippen LogP contribution < -0.4 is 5.32 Å². The van der Waals surface area contributed by atoms with Gasteiger partial charge in [-0.25, -0.2) is 9.50 Å². The van der Waals surface area contributed by atoms with E-state index >= 15 is 0 Å². The Bertz CT molecular complexity index is 1900. The summed E-state index contributed by atoms with van der Waals surface area (Å²) in [4.78, 5) is 17.4. The first kappa shape index (κ1) is 31.4. The minimum atomic E-state index is -0.560. The lowest BCUT2D eigenvalue weighted by atomic mass is 10.0. The van der Waals surface area contributed by atoms with Crippen molar-refractivity contribution in [2.24, 2.45) is 0 Å². The van der Waals surface area contributed by atoms with Crippen LogP contribution in [0, 0.1) is 0 Å². The van der Waals surface area contributed by atoms with E-state index in [9.17, 15) is 4.79 Å². The summed E-state index contributed by atoms with van der Waals surface area (Å²) in [6, 6.07) is 43.0. The van der Waals surface area contributed by atoms with Gasteiger partial charge in [0.05, 0.1) is 32.1 Å². The molecule has 1 amide bonds. The molecule has 0 spiro atoms. The molecule has 48 heavy (non-hydrogen) atoms. The topological polar surface area (TPSA) is 96.2 Å². The summed E-state index contributed by atoms with van der Waals surface area (Å²) in [6.07, 6.45) is -0.535. The molecule has 3 heterocycles. The standard InChI is InChI=1S/C39H36N4O5/c44-39(31-19-11-4-12-20-31)42-38-33-22-21-32(43(33)41-27-40-38)35-37(47-25-30-17-9-3-10-18-30)36(46-24-29-15-7-2-8-16-29)34(48-35)26-45-23-28-13-5-1-6-14-28/h1-22,27,34-37H,23-26H2,(H,40,41,42,44)/t34-,35+,36-,37+/m1/s1. The van der Waals surface area contributed by atoms with Crippen molar-refractivity contribution in [3.8, 4) is 0 Å². The van der Waals surface area contributed by atoms with Crippen molar-refractivity contribution in [2.45, 2.75) is 44.2 Å². The molecular formula is C39H36N4O5. The molecule has 7 rings (SSSR count). The Labute approximate surface area is 279 Å². The van der Waals surface area contributed by atoms with E-state index in [1.807, 2.05) is 121 Å². The number of anilines is 1. The zero-order valence-corrected chi connectivity index (χ0v) is 26.3. The fraction of sp³-hybridized carbons (Fsp3) is 0.205. The second-order valence-electron chi connectivity index (χ2n) is 11.6. The molecule has 9 nitrogen and oxygen atoms in total. The number of nitrogens with one attached hydrogen (secondary N) is 1. The maximum Gasteiger partial charge on any atom is 0.256 e. The zero-order valence-electron chi connectivity index (χ0n) is 26.3. The summed E-state index contributed by atoms with van der Waals surface area (Å²) in [5.41, 5.74) is 5.07. The van der Waals surface area contributed by atoms with Gasteiger partial charge in [0.25, 0.3) is 5.91 Å². The number of nitrogens with zero attached hydrogens (tertiary/aromatic N) is 3. The quantitative estimate of drug-likeness (QED) is 0.148. The third-order valence-corrected chi connectivity index (χ3v) is 8.31. The van der Waals surface area contributed by atoms with Crippen LogP contribution in [-0.2, 0) is 38.8 Å². The van der Waals surface area contributed by atoms with Crippen molar-refractivity contribution in [2.75, 3.05) is 11.9 Å². The van der Waals surface area contributed by atoms with Gasteiger partial charge in [-0.15, -0.1) is 0 Å². The van der Waals surface area contributed by atoms with Gasteiger partial charge in [0.2, 0.25) is 0 Å². The van der Waals surface area contributed by atoms with E-state index in [2.05, 4.69) is 15.4 Å². The lowest BCUT2D eigenvalue weighted by Crippen LogP contribution is -2.38. The number of benzene rings is 4. The van der Waals surface area contributed by atoms with Crippen molar-refractivity contribution < 1.29 is 23.7 Å².